The SMILES string of the molecule is CC(=O)OCC(=O)[C@@]1(C)[C@H](C2CCC2)CC2C3CCC4=CC(O)C=C[C@]4(C)C3=CC[C@@]21C. The molecule has 0 saturated heterocycles. The zero-order valence-corrected chi connectivity index (χ0v) is 20.0. The Hall–Kier alpha value is -1.68. The summed E-state index contributed by atoms with van der Waals surface area (Å²) in [5, 5.41) is 10.1. The molecule has 0 spiro atoms. The number of aliphatic hydroxyl groups is 1. The van der Waals surface area contributed by atoms with E-state index in [0.717, 1.165) is 25.7 Å². The van der Waals surface area contributed by atoms with Crippen LogP contribution in [0.4, 0.5) is 0 Å². The third kappa shape index (κ3) is 2.90. The molecule has 1 N–H and O–H groups in total. The first-order chi connectivity index (χ1) is 15.1. The number of ketones is 1. The molecule has 5 aliphatic carbocycles. The largest absolute Gasteiger partial charge is 0.458 e. The maximum absolute atomic E-state index is 13.7. The van der Waals surface area contributed by atoms with Gasteiger partial charge in [-0.1, -0.05) is 68.6 Å². The van der Waals surface area contributed by atoms with Gasteiger partial charge in [0.25, 0.3) is 0 Å². The number of allylic oxidation sites excluding steroid dienone is 4. The van der Waals surface area contributed by atoms with Gasteiger partial charge in [-0.3, -0.25) is 9.59 Å². The number of fused-ring (bicyclic) bond motifs is 5. The van der Waals surface area contributed by atoms with E-state index < -0.39 is 11.5 Å². The van der Waals surface area contributed by atoms with E-state index in [4.69, 9.17) is 4.74 Å². The summed E-state index contributed by atoms with van der Waals surface area (Å²) in [6, 6.07) is 0. The maximum atomic E-state index is 13.7. The van der Waals surface area contributed by atoms with Crippen LogP contribution in [0.15, 0.2) is 35.5 Å². The zero-order chi connectivity index (χ0) is 22.9. The number of hydrogen-bond acceptors (Lipinski definition) is 4. The van der Waals surface area contributed by atoms with Crippen molar-refractivity contribution in [3.8, 4) is 0 Å². The van der Waals surface area contributed by atoms with E-state index in [-0.39, 0.29) is 29.2 Å². The summed E-state index contributed by atoms with van der Waals surface area (Å²) >= 11 is 0. The number of rotatable bonds is 4. The van der Waals surface area contributed by atoms with Crippen molar-refractivity contribution in [1.82, 2.24) is 0 Å². The van der Waals surface area contributed by atoms with Crippen LogP contribution in [0.5, 0.6) is 0 Å². The second kappa shape index (κ2) is 7.41. The van der Waals surface area contributed by atoms with Crippen molar-refractivity contribution in [3.05, 3.63) is 35.5 Å². The fourth-order valence-corrected chi connectivity index (χ4v) is 8.31. The van der Waals surface area contributed by atoms with Gasteiger partial charge in [0, 0.05) is 17.8 Å². The Kier molecular flexibility index (Phi) is 5.13. The minimum Gasteiger partial charge on any atom is -0.458 e. The van der Waals surface area contributed by atoms with E-state index in [1.807, 2.05) is 12.2 Å². The number of esters is 1. The van der Waals surface area contributed by atoms with E-state index in [9.17, 15) is 14.7 Å². The van der Waals surface area contributed by atoms with E-state index >= 15 is 0 Å². The third-order valence-corrected chi connectivity index (χ3v) is 10.6. The Labute approximate surface area is 192 Å². The molecule has 0 radical (unpaired) electrons. The van der Waals surface area contributed by atoms with Gasteiger partial charge in [0.15, 0.2) is 12.4 Å². The molecule has 5 rings (SSSR count). The fraction of sp³-hybridized carbons (Fsp3) is 0.714. The number of carbonyl (C=O) groups is 2. The van der Waals surface area contributed by atoms with Crippen LogP contribution in [0.3, 0.4) is 0 Å². The molecule has 4 nitrogen and oxygen atoms in total. The molecule has 32 heavy (non-hydrogen) atoms. The van der Waals surface area contributed by atoms with Crippen molar-refractivity contribution in [3.63, 3.8) is 0 Å². The number of hydrogen-bond donors (Lipinski definition) is 1. The van der Waals surface area contributed by atoms with Gasteiger partial charge >= 0.3 is 5.97 Å². The smallest absolute Gasteiger partial charge is 0.303 e. The van der Waals surface area contributed by atoms with E-state index in [0.29, 0.717) is 23.7 Å². The van der Waals surface area contributed by atoms with E-state index in [1.54, 1.807) is 0 Å². The molecule has 7 atom stereocenters. The van der Waals surface area contributed by atoms with Crippen LogP contribution >= 0.6 is 0 Å². The van der Waals surface area contributed by atoms with Crippen LogP contribution in [0.2, 0.25) is 0 Å². The Balaban J connectivity index is 1.54. The number of carbonyl (C=O) groups excluding carboxylic acids is 2. The number of ether oxygens (including phenoxy) is 1. The average molecular weight is 439 g/mol. The molecule has 3 unspecified atom stereocenters. The highest BCUT2D eigenvalue weighted by atomic mass is 16.5. The standard InChI is InChI=1S/C28H38O4/c1-17(29)32-16-25(31)28(4)23(18-6-5-7-18)15-24-21-9-8-19-14-20(30)10-12-26(19,2)22(21)11-13-27(24,28)3/h10-12,14,18,20-21,23-24,30H,5-9,13,15-16H2,1-4H3/t20?,21?,23-,24?,26-,27-,28+/m0/s1. The molecule has 0 bridgehead atoms. The lowest BCUT2D eigenvalue weighted by molar-refractivity contribution is -0.155. The van der Waals surface area contributed by atoms with Gasteiger partial charge in [-0.15, -0.1) is 0 Å². The van der Waals surface area contributed by atoms with Crippen molar-refractivity contribution < 1.29 is 19.4 Å². The van der Waals surface area contributed by atoms with Gasteiger partial charge in [-0.2, -0.15) is 0 Å². The molecule has 0 aromatic heterocycles. The molecule has 0 aliphatic heterocycles. The van der Waals surface area contributed by atoms with Crippen molar-refractivity contribution >= 4 is 11.8 Å². The molecule has 5 aliphatic rings. The minimum absolute atomic E-state index is 0.0934. The highest BCUT2D eigenvalue weighted by Gasteiger charge is 2.67. The Bertz CT molecular complexity index is 924. The van der Waals surface area contributed by atoms with Gasteiger partial charge in [-0.25, -0.2) is 0 Å². The molecule has 0 heterocycles. The van der Waals surface area contributed by atoms with Crippen molar-refractivity contribution in [2.45, 2.75) is 78.7 Å². The summed E-state index contributed by atoms with van der Waals surface area (Å²) in [4.78, 5) is 25.2. The van der Waals surface area contributed by atoms with Crippen LogP contribution in [0.25, 0.3) is 0 Å². The summed E-state index contributed by atoms with van der Waals surface area (Å²) in [5.41, 5.74) is 2.17. The second-order valence-electron chi connectivity index (χ2n) is 11.7. The Morgan fingerprint density at radius 2 is 1.91 bits per heavy atom. The Morgan fingerprint density at radius 1 is 1.16 bits per heavy atom. The summed E-state index contributed by atoms with van der Waals surface area (Å²) < 4.78 is 5.24. The zero-order valence-electron chi connectivity index (χ0n) is 20.0. The first-order valence-corrected chi connectivity index (χ1v) is 12.6. The molecular formula is C28H38O4. The predicted octanol–water partition coefficient (Wildman–Crippen LogP) is 5.17. The van der Waals surface area contributed by atoms with Gasteiger partial charge in [0.05, 0.1) is 6.10 Å². The maximum Gasteiger partial charge on any atom is 0.303 e. The third-order valence-electron chi connectivity index (χ3n) is 10.6. The van der Waals surface area contributed by atoms with Crippen LogP contribution in [0.1, 0.15) is 72.6 Å². The summed E-state index contributed by atoms with van der Waals surface area (Å²) in [6.45, 7) is 8.15. The van der Waals surface area contributed by atoms with Gasteiger partial charge < -0.3 is 9.84 Å². The normalized spacial score (nSPS) is 45.0. The first-order valence-electron chi connectivity index (χ1n) is 12.6. The lowest BCUT2D eigenvalue weighted by atomic mass is 9.48. The second-order valence-corrected chi connectivity index (χ2v) is 11.7. The first kappa shape index (κ1) is 22.1. The van der Waals surface area contributed by atoms with E-state index in [2.05, 4.69) is 32.9 Å². The minimum atomic E-state index is -0.472. The molecule has 0 amide bonds. The van der Waals surface area contributed by atoms with Crippen molar-refractivity contribution in [2.75, 3.05) is 6.61 Å². The molecule has 3 saturated carbocycles. The topological polar surface area (TPSA) is 63.6 Å². The molecule has 3 fully saturated rings. The summed E-state index contributed by atoms with van der Waals surface area (Å²) in [7, 11) is 0. The Morgan fingerprint density at radius 3 is 2.56 bits per heavy atom. The van der Waals surface area contributed by atoms with Crippen LogP contribution in [0, 0.1) is 39.9 Å². The van der Waals surface area contributed by atoms with E-state index in [1.165, 1.54) is 37.3 Å². The van der Waals surface area contributed by atoms with Crippen LogP contribution in [-0.4, -0.2) is 29.6 Å². The average Bonchev–Trinajstić information content (AvgIpc) is 2.94. The highest BCUT2D eigenvalue weighted by molar-refractivity contribution is 5.89. The quantitative estimate of drug-likeness (QED) is 0.486. The number of aliphatic hydroxyl groups excluding tert-OH is 1. The van der Waals surface area contributed by atoms with Crippen molar-refractivity contribution in [1.29, 1.82) is 0 Å². The van der Waals surface area contributed by atoms with Crippen LogP contribution < -0.4 is 0 Å². The molecule has 0 aromatic carbocycles. The molecule has 174 valence electrons. The van der Waals surface area contributed by atoms with Crippen LogP contribution in [-0.2, 0) is 14.3 Å². The fourth-order valence-electron chi connectivity index (χ4n) is 8.31. The summed E-state index contributed by atoms with van der Waals surface area (Å²) in [6.07, 6.45) is 16.0. The van der Waals surface area contributed by atoms with Gasteiger partial charge in [0.1, 0.15) is 0 Å². The lowest BCUT2D eigenvalue weighted by Crippen LogP contribution is -2.52. The lowest BCUT2D eigenvalue weighted by Gasteiger charge is -2.55. The summed E-state index contributed by atoms with van der Waals surface area (Å²) in [5.74, 6) is 1.68. The molecular weight excluding hydrogens is 400 g/mol. The monoisotopic (exact) mass is 438 g/mol. The molecule has 4 heteroatoms. The van der Waals surface area contributed by atoms with Gasteiger partial charge in [0.2, 0.25) is 0 Å². The van der Waals surface area contributed by atoms with Gasteiger partial charge in [-0.05, 0) is 61.7 Å². The predicted molar refractivity (Wildman–Crippen MR) is 124 cm³/mol. The van der Waals surface area contributed by atoms with Crippen molar-refractivity contribution in [2.24, 2.45) is 39.9 Å². The molecule has 0 aromatic rings. The number of Topliss-reactive ketones (excluding diaryl/α,β-unsaturated/α-hetero) is 1. The highest BCUT2D eigenvalue weighted by Crippen LogP contribution is 2.71.